The highest BCUT2D eigenvalue weighted by molar-refractivity contribution is 7.16. The summed E-state index contributed by atoms with van der Waals surface area (Å²) in [5.41, 5.74) is 10.7. The zero-order valence-corrected chi connectivity index (χ0v) is 22.6. The highest BCUT2D eigenvalue weighted by atomic mass is 32.1. The number of hydrogen-bond acceptors (Lipinski definition) is 8. The van der Waals surface area contributed by atoms with Gasteiger partial charge in [0, 0.05) is 29.1 Å². The predicted octanol–water partition coefficient (Wildman–Crippen LogP) is 6.36. The molecule has 8 nitrogen and oxygen atoms in total. The molecule has 0 spiro atoms. The number of aromatic nitrogens is 2. The monoisotopic (exact) mass is 530 g/mol. The van der Waals surface area contributed by atoms with Crippen molar-refractivity contribution < 1.29 is 9.26 Å². The fraction of sp³-hybridized carbons (Fsp3) is 0.310. The SMILES string of the molecule is C=C(/N=C1/C=C(OC2CCNCC2)C(c2cnc(N)s2)=C/C1=C/C(C)CC)Nc1cccc(-c2c[nH]o2)c1. The number of nitrogen functional groups attached to an aromatic ring is 1. The third-order valence-electron chi connectivity index (χ3n) is 6.66. The summed E-state index contributed by atoms with van der Waals surface area (Å²) < 4.78 is 11.9. The van der Waals surface area contributed by atoms with Gasteiger partial charge < -0.3 is 25.6 Å². The molecule has 0 bridgehead atoms. The molecule has 1 aliphatic carbocycles. The predicted molar refractivity (Wildman–Crippen MR) is 156 cm³/mol. The maximum Gasteiger partial charge on any atom is 0.181 e. The molecule has 1 atom stereocenters. The maximum absolute atomic E-state index is 6.59. The number of hydrogen-bond donors (Lipinski definition) is 4. The molecular formula is C29H34N6O2S. The van der Waals surface area contributed by atoms with Crippen LogP contribution in [0.4, 0.5) is 10.8 Å². The first kappa shape index (κ1) is 25.8. The Morgan fingerprint density at radius 3 is 2.87 bits per heavy atom. The van der Waals surface area contributed by atoms with Crippen molar-refractivity contribution in [3.05, 3.63) is 83.5 Å². The van der Waals surface area contributed by atoms with Crippen molar-refractivity contribution in [2.24, 2.45) is 10.9 Å². The second kappa shape index (κ2) is 11.7. The quantitative estimate of drug-likeness (QED) is 0.256. The molecule has 1 fully saturated rings. The summed E-state index contributed by atoms with van der Waals surface area (Å²) in [4.78, 5) is 10.2. The van der Waals surface area contributed by atoms with E-state index >= 15 is 0 Å². The summed E-state index contributed by atoms with van der Waals surface area (Å²) in [6, 6.07) is 7.94. The van der Waals surface area contributed by atoms with Crippen LogP contribution in [0.3, 0.4) is 0 Å². The summed E-state index contributed by atoms with van der Waals surface area (Å²) in [5.74, 6) is 2.49. The Morgan fingerprint density at radius 2 is 2.18 bits per heavy atom. The minimum absolute atomic E-state index is 0.138. The number of benzene rings is 1. The fourth-order valence-corrected chi connectivity index (χ4v) is 5.09. The number of ether oxygens (including phenoxy) is 1. The van der Waals surface area contributed by atoms with Crippen molar-refractivity contribution in [2.45, 2.75) is 39.2 Å². The third-order valence-corrected chi connectivity index (χ3v) is 7.52. The average molecular weight is 531 g/mol. The van der Waals surface area contributed by atoms with E-state index in [4.69, 9.17) is 20.0 Å². The van der Waals surface area contributed by atoms with Gasteiger partial charge in [-0.1, -0.05) is 56.4 Å². The van der Waals surface area contributed by atoms with Gasteiger partial charge >= 0.3 is 0 Å². The molecule has 5 N–H and O–H groups in total. The van der Waals surface area contributed by atoms with Crippen LogP contribution in [0.1, 0.15) is 38.0 Å². The molecule has 38 heavy (non-hydrogen) atoms. The smallest absolute Gasteiger partial charge is 0.181 e. The van der Waals surface area contributed by atoms with Crippen molar-refractivity contribution in [3.8, 4) is 11.3 Å². The molecule has 0 radical (unpaired) electrons. The van der Waals surface area contributed by atoms with E-state index in [1.54, 1.807) is 0 Å². The van der Waals surface area contributed by atoms with Gasteiger partial charge in [0.05, 0.1) is 16.8 Å². The van der Waals surface area contributed by atoms with Gasteiger partial charge in [0.25, 0.3) is 0 Å². The van der Waals surface area contributed by atoms with Crippen LogP contribution in [0.25, 0.3) is 16.9 Å². The van der Waals surface area contributed by atoms with Crippen LogP contribution < -0.4 is 16.4 Å². The van der Waals surface area contributed by atoms with E-state index in [0.717, 1.165) is 76.9 Å². The standard InChI is InChI=1S/C29H34N6O2S/c1-4-18(2)12-21-14-24(28-17-32-29(30)38-28)26(36-23-8-10-31-11-9-23)15-25(21)35-19(3)34-22-7-5-6-20(13-22)27-16-33-37-27/h5-7,12-18,23,31,33-34H,3-4,8-11H2,1-2H3,(H2,30,32)/b21-12-,35-25-. The lowest BCUT2D eigenvalue weighted by molar-refractivity contribution is 0.0984. The van der Waals surface area contributed by atoms with Crippen molar-refractivity contribution in [3.63, 3.8) is 0 Å². The first-order valence-corrected chi connectivity index (χ1v) is 13.8. The van der Waals surface area contributed by atoms with E-state index in [1.807, 2.05) is 42.7 Å². The maximum atomic E-state index is 6.59. The van der Waals surface area contributed by atoms with Crippen LogP contribution in [0.5, 0.6) is 0 Å². The molecule has 1 saturated heterocycles. The minimum Gasteiger partial charge on any atom is -0.490 e. The van der Waals surface area contributed by atoms with E-state index < -0.39 is 0 Å². The van der Waals surface area contributed by atoms with Crippen LogP contribution in [0.15, 0.2) is 88.1 Å². The number of aliphatic imine (C=N–C) groups is 1. The molecule has 3 heterocycles. The number of allylic oxidation sites excluding steroid dienone is 5. The average Bonchev–Trinajstić information content (AvgIpc) is 3.31. The summed E-state index contributed by atoms with van der Waals surface area (Å²) in [5, 5.41) is 9.95. The zero-order chi connectivity index (χ0) is 26.5. The number of rotatable bonds is 9. The van der Waals surface area contributed by atoms with E-state index in [-0.39, 0.29) is 6.10 Å². The van der Waals surface area contributed by atoms with Gasteiger partial charge in [0.2, 0.25) is 0 Å². The number of H-pyrrole nitrogens is 1. The molecule has 2 aliphatic rings. The topological polar surface area (TPSA) is 113 Å². The molecule has 1 unspecified atom stereocenters. The minimum atomic E-state index is 0.138. The van der Waals surface area contributed by atoms with Crippen molar-refractivity contribution in [2.75, 3.05) is 24.1 Å². The number of piperidine rings is 1. The number of thiazole rings is 1. The van der Waals surface area contributed by atoms with Crippen LogP contribution in [0, 0.1) is 5.92 Å². The van der Waals surface area contributed by atoms with Crippen LogP contribution in [0.2, 0.25) is 0 Å². The molecule has 9 heteroatoms. The second-order valence-electron chi connectivity index (χ2n) is 9.58. The second-order valence-corrected chi connectivity index (χ2v) is 10.6. The van der Waals surface area contributed by atoms with E-state index in [0.29, 0.717) is 16.9 Å². The number of nitrogens with two attached hydrogens (primary N) is 1. The Labute approximate surface area is 227 Å². The summed E-state index contributed by atoms with van der Waals surface area (Å²) in [6.07, 6.45) is 13.1. The molecule has 1 aliphatic heterocycles. The Kier molecular flexibility index (Phi) is 7.95. The fourth-order valence-electron chi connectivity index (χ4n) is 4.39. The van der Waals surface area contributed by atoms with E-state index in [1.165, 1.54) is 11.3 Å². The summed E-state index contributed by atoms with van der Waals surface area (Å²) >= 11 is 1.46. The Bertz CT molecular complexity index is 1390. The van der Waals surface area contributed by atoms with Crippen LogP contribution in [-0.2, 0) is 4.74 Å². The van der Waals surface area contributed by atoms with Gasteiger partial charge in [0.15, 0.2) is 10.9 Å². The summed E-state index contributed by atoms with van der Waals surface area (Å²) in [6.45, 7) is 10.5. The summed E-state index contributed by atoms with van der Waals surface area (Å²) in [7, 11) is 0. The van der Waals surface area contributed by atoms with E-state index in [2.05, 4.69) is 53.4 Å². The molecular weight excluding hydrogens is 496 g/mol. The third kappa shape index (κ3) is 6.17. The largest absolute Gasteiger partial charge is 0.490 e. The molecule has 0 amide bonds. The Hall–Kier alpha value is -3.82. The number of aromatic amines is 1. The highest BCUT2D eigenvalue weighted by Crippen LogP contribution is 2.36. The lowest BCUT2D eigenvalue weighted by atomic mass is 9.93. The molecule has 2 aromatic heterocycles. The van der Waals surface area contributed by atoms with Gasteiger partial charge in [-0.05, 0) is 55.6 Å². The van der Waals surface area contributed by atoms with E-state index in [9.17, 15) is 0 Å². The van der Waals surface area contributed by atoms with Crippen molar-refractivity contribution in [1.29, 1.82) is 0 Å². The lowest BCUT2D eigenvalue weighted by Crippen LogP contribution is -2.32. The Morgan fingerprint density at radius 1 is 1.37 bits per heavy atom. The normalized spacial score (nSPS) is 19.3. The molecule has 0 saturated carbocycles. The van der Waals surface area contributed by atoms with Crippen LogP contribution in [-0.4, -0.2) is 35.0 Å². The number of nitrogens with one attached hydrogen (secondary N) is 3. The van der Waals surface area contributed by atoms with Gasteiger partial charge in [-0.2, -0.15) is 0 Å². The molecule has 3 aromatic rings. The van der Waals surface area contributed by atoms with Gasteiger partial charge in [-0.3, -0.25) is 0 Å². The Balaban J connectivity index is 1.48. The molecule has 1 aromatic carbocycles. The number of anilines is 2. The first-order chi connectivity index (χ1) is 18.5. The van der Waals surface area contributed by atoms with Crippen molar-refractivity contribution in [1.82, 2.24) is 15.5 Å². The molecule has 5 rings (SSSR count). The number of nitrogens with zero attached hydrogens (tertiary/aromatic N) is 2. The van der Waals surface area contributed by atoms with Gasteiger partial charge in [-0.25, -0.2) is 15.1 Å². The molecule has 198 valence electrons. The van der Waals surface area contributed by atoms with Gasteiger partial charge in [0.1, 0.15) is 17.7 Å². The lowest BCUT2D eigenvalue weighted by Gasteiger charge is -2.28. The first-order valence-electron chi connectivity index (χ1n) is 13.0. The van der Waals surface area contributed by atoms with Crippen molar-refractivity contribution >= 4 is 33.4 Å². The van der Waals surface area contributed by atoms with Crippen LogP contribution >= 0.6 is 11.3 Å². The van der Waals surface area contributed by atoms with Gasteiger partial charge in [-0.15, -0.1) is 0 Å². The zero-order valence-electron chi connectivity index (χ0n) is 21.8. The highest BCUT2D eigenvalue weighted by Gasteiger charge is 2.25.